The number of amides is 2. The summed E-state index contributed by atoms with van der Waals surface area (Å²) >= 11 is 0. The molecule has 0 aliphatic rings. The van der Waals surface area contributed by atoms with Crippen molar-refractivity contribution in [1.82, 2.24) is 5.32 Å². The SMILES string of the molecule is CC(=O)c1ccc(N(CCC(=O)NCc2ccc(F)cc2)C(C)=O)cc1. The Balaban J connectivity index is 1.91. The fraction of sp³-hybridized carbons (Fsp3) is 0.250. The molecular formula is C20H21FN2O3. The first-order valence-electron chi connectivity index (χ1n) is 8.27. The van der Waals surface area contributed by atoms with Crippen LogP contribution in [0.4, 0.5) is 10.1 Å². The molecule has 0 aliphatic heterocycles. The molecular weight excluding hydrogens is 335 g/mol. The molecule has 0 heterocycles. The van der Waals surface area contributed by atoms with E-state index in [1.807, 2.05) is 0 Å². The van der Waals surface area contributed by atoms with Gasteiger partial charge in [0.1, 0.15) is 5.82 Å². The number of hydrogen-bond donors (Lipinski definition) is 1. The van der Waals surface area contributed by atoms with Crippen LogP contribution in [0, 0.1) is 5.82 Å². The average molecular weight is 356 g/mol. The zero-order valence-corrected chi connectivity index (χ0v) is 14.8. The predicted molar refractivity (Wildman–Crippen MR) is 97.3 cm³/mol. The summed E-state index contributed by atoms with van der Waals surface area (Å²) in [5.74, 6) is -0.771. The maximum Gasteiger partial charge on any atom is 0.223 e. The van der Waals surface area contributed by atoms with Crippen LogP contribution in [0.3, 0.4) is 0 Å². The molecule has 0 radical (unpaired) electrons. The van der Waals surface area contributed by atoms with Gasteiger partial charge >= 0.3 is 0 Å². The van der Waals surface area contributed by atoms with Gasteiger partial charge in [0, 0.05) is 37.7 Å². The number of carbonyl (C=O) groups excluding carboxylic acids is 3. The maximum atomic E-state index is 12.9. The zero-order chi connectivity index (χ0) is 19.1. The molecule has 136 valence electrons. The number of halogens is 1. The summed E-state index contributed by atoms with van der Waals surface area (Å²) in [5, 5.41) is 2.74. The summed E-state index contributed by atoms with van der Waals surface area (Å²) in [6.07, 6.45) is 0.134. The quantitative estimate of drug-likeness (QED) is 0.775. The molecule has 2 amide bonds. The van der Waals surface area contributed by atoms with Crippen LogP contribution in [0.5, 0.6) is 0 Å². The van der Waals surface area contributed by atoms with Crippen molar-refractivity contribution in [3.8, 4) is 0 Å². The largest absolute Gasteiger partial charge is 0.352 e. The van der Waals surface area contributed by atoms with E-state index in [2.05, 4.69) is 5.32 Å². The molecule has 6 heteroatoms. The number of rotatable bonds is 7. The van der Waals surface area contributed by atoms with E-state index in [9.17, 15) is 18.8 Å². The fourth-order valence-electron chi connectivity index (χ4n) is 2.45. The van der Waals surface area contributed by atoms with Crippen molar-refractivity contribution in [2.75, 3.05) is 11.4 Å². The van der Waals surface area contributed by atoms with Gasteiger partial charge in [-0.3, -0.25) is 14.4 Å². The molecule has 0 spiro atoms. The molecule has 26 heavy (non-hydrogen) atoms. The highest BCUT2D eigenvalue weighted by molar-refractivity contribution is 5.96. The Kier molecular flexibility index (Phi) is 6.60. The summed E-state index contributed by atoms with van der Waals surface area (Å²) in [6, 6.07) is 12.6. The molecule has 0 aromatic heterocycles. The summed E-state index contributed by atoms with van der Waals surface area (Å²) in [5.41, 5.74) is 1.99. The van der Waals surface area contributed by atoms with Crippen LogP contribution in [-0.4, -0.2) is 24.1 Å². The zero-order valence-electron chi connectivity index (χ0n) is 14.8. The van der Waals surface area contributed by atoms with Crippen LogP contribution in [0.1, 0.15) is 36.2 Å². The van der Waals surface area contributed by atoms with Crippen molar-refractivity contribution in [3.05, 3.63) is 65.5 Å². The van der Waals surface area contributed by atoms with E-state index in [1.54, 1.807) is 36.4 Å². The second-order valence-corrected chi connectivity index (χ2v) is 5.93. The van der Waals surface area contributed by atoms with E-state index in [1.165, 1.54) is 30.9 Å². The van der Waals surface area contributed by atoms with Crippen LogP contribution in [0.15, 0.2) is 48.5 Å². The number of nitrogens with zero attached hydrogens (tertiary/aromatic N) is 1. The third-order valence-corrected chi connectivity index (χ3v) is 3.93. The van der Waals surface area contributed by atoms with Crippen LogP contribution in [0.25, 0.3) is 0 Å². The highest BCUT2D eigenvalue weighted by atomic mass is 19.1. The Morgan fingerprint density at radius 1 is 0.962 bits per heavy atom. The first-order chi connectivity index (χ1) is 12.4. The van der Waals surface area contributed by atoms with Crippen LogP contribution in [-0.2, 0) is 16.1 Å². The van der Waals surface area contributed by atoms with Gasteiger partial charge in [-0.25, -0.2) is 4.39 Å². The lowest BCUT2D eigenvalue weighted by Gasteiger charge is -2.21. The smallest absolute Gasteiger partial charge is 0.223 e. The van der Waals surface area contributed by atoms with E-state index < -0.39 is 0 Å². The Morgan fingerprint density at radius 3 is 2.12 bits per heavy atom. The molecule has 5 nitrogen and oxygen atoms in total. The predicted octanol–water partition coefficient (Wildman–Crippen LogP) is 3.09. The highest BCUT2D eigenvalue weighted by Gasteiger charge is 2.14. The second-order valence-electron chi connectivity index (χ2n) is 5.93. The number of ketones is 1. The van der Waals surface area contributed by atoms with E-state index in [-0.39, 0.29) is 36.4 Å². The molecule has 0 atom stereocenters. The normalized spacial score (nSPS) is 10.3. The summed E-state index contributed by atoms with van der Waals surface area (Å²) < 4.78 is 12.9. The van der Waals surface area contributed by atoms with Gasteiger partial charge in [-0.15, -0.1) is 0 Å². The third-order valence-electron chi connectivity index (χ3n) is 3.93. The lowest BCUT2D eigenvalue weighted by molar-refractivity contribution is -0.121. The standard InChI is InChI=1S/C20H21FN2O3/c1-14(24)17-5-9-19(10-6-17)23(15(2)25)12-11-20(26)22-13-16-3-7-18(21)8-4-16/h3-10H,11-13H2,1-2H3,(H,22,26). The van der Waals surface area contributed by atoms with Gasteiger partial charge < -0.3 is 10.2 Å². The number of benzene rings is 2. The number of nitrogens with one attached hydrogen (secondary N) is 1. The molecule has 0 saturated heterocycles. The van der Waals surface area contributed by atoms with Gasteiger partial charge in [-0.1, -0.05) is 12.1 Å². The van der Waals surface area contributed by atoms with Gasteiger partial charge in [0.2, 0.25) is 11.8 Å². The fourth-order valence-corrected chi connectivity index (χ4v) is 2.45. The van der Waals surface area contributed by atoms with E-state index in [0.717, 1.165) is 5.56 Å². The molecule has 0 fully saturated rings. The Morgan fingerprint density at radius 2 is 1.58 bits per heavy atom. The van der Waals surface area contributed by atoms with E-state index in [0.29, 0.717) is 17.8 Å². The highest BCUT2D eigenvalue weighted by Crippen LogP contribution is 2.16. The molecule has 0 bridgehead atoms. The van der Waals surface area contributed by atoms with Crippen LogP contribution in [0.2, 0.25) is 0 Å². The molecule has 2 aromatic carbocycles. The van der Waals surface area contributed by atoms with Gasteiger partial charge in [0.05, 0.1) is 0 Å². The third kappa shape index (κ3) is 5.51. The monoisotopic (exact) mass is 356 g/mol. The number of carbonyl (C=O) groups is 3. The van der Waals surface area contributed by atoms with Crippen molar-refractivity contribution in [3.63, 3.8) is 0 Å². The van der Waals surface area contributed by atoms with Crippen molar-refractivity contribution < 1.29 is 18.8 Å². The Bertz CT molecular complexity index is 786. The van der Waals surface area contributed by atoms with Crippen LogP contribution >= 0.6 is 0 Å². The van der Waals surface area contributed by atoms with E-state index in [4.69, 9.17) is 0 Å². The first kappa shape index (κ1) is 19.3. The van der Waals surface area contributed by atoms with Crippen molar-refractivity contribution in [2.45, 2.75) is 26.8 Å². The lowest BCUT2D eigenvalue weighted by atomic mass is 10.1. The van der Waals surface area contributed by atoms with Gasteiger partial charge in [-0.2, -0.15) is 0 Å². The second kappa shape index (κ2) is 8.89. The molecule has 0 aliphatic carbocycles. The number of hydrogen-bond acceptors (Lipinski definition) is 3. The molecule has 0 unspecified atom stereocenters. The van der Waals surface area contributed by atoms with Gasteiger partial charge in [-0.05, 0) is 48.9 Å². The van der Waals surface area contributed by atoms with Crippen molar-refractivity contribution in [1.29, 1.82) is 0 Å². The van der Waals surface area contributed by atoms with Crippen molar-refractivity contribution in [2.24, 2.45) is 0 Å². The summed E-state index contributed by atoms with van der Waals surface area (Å²) in [7, 11) is 0. The first-order valence-corrected chi connectivity index (χ1v) is 8.27. The van der Waals surface area contributed by atoms with E-state index >= 15 is 0 Å². The van der Waals surface area contributed by atoms with Crippen LogP contribution < -0.4 is 10.2 Å². The van der Waals surface area contributed by atoms with Gasteiger partial charge in [0.15, 0.2) is 5.78 Å². The minimum absolute atomic E-state index is 0.0499. The molecule has 1 N–H and O–H groups in total. The Labute approximate surface area is 151 Å². The Hall–Kier alpha value is -3.02. The molecule has 0 saturated carbocycles. The molecule has 2 aromatic rings. The van der Waals surface area contributed by atoms with Crippen molar-refractivity contribution >= 4 is 23.3 Å². The summed E-state index contributed by atoms with van der Waals surface area (Å²) in [4.78, 5) is 36.7. The average Bonchev–Trinajstić information content (AvgIpc) is 2.61. The lowest BCUT2D eigenvalue weighted by Crippen LogP contribution is -2.33. The maximum absolute atomic E-state index is 12.9. The minimum Gasteiger partial charge on any atom is -0.352 e. The molecule has 2 rings (SSSR count). The van der Waals surface area contributed by atoms with Gasteiger partial charge in [0.25, 0.3) is 0 Å². The number of anilines is 1. The summed E-state index contributed by atoms with van der Waals surface area (Å²) in [6.45, 7) is 3.43. The minimum atomic E-state index is -0.326. The number of Topliss-reactive ketones (excluding diaryl/α,β-unsaturated/α-hetero) is 1. The topological polar surface area (TPSA) is 66.5 Å².